The summed E-state index contributed by atoms with van der Waals surface area (Å²) in [5.41, 5.74) is 11.6. The number of nitrogens with one attached hydrogen (secondary N) is 2. The van der Waals surface area contributed by atoms with Gasteiger partial charge in [0.15, 0.2) is 0 Å². The van der Waals surface area contributed by atoms with Crippen LogP contribution in [0, 0.1) is 11.3 Å². The number of hydrogen-bond donors (Lipinski definition) is 2. The van der Waals surface area contributed by atoms with Crippen molar-refractivity contribution in [2.24, 2.45) is 11.3 Å². The van der Waals surface area contributed by atoms with Gasteiger partial charge in [-0.05, 0) is 97.5 Å². The Bertz CT molecular complexity index is 2610. The van der Waals surface area contributed by atoms with Crippen molar-refractivity contribution < 1.29 is 33.4 Å². The van der Waals surface area contributed by atoms with E-state index >= 15 is 0 Å². The van der Waals surface area contributed by atoms with Crippen LogP contribution < -0.4 is 10.7 Å². The third-order valence-corrected chi connectivity index (χ3v) is 13.9. The van der Waals surface area contributed by atoms with Gasteiger partial charge in [0.1, 0.15) is 24.2 Å². The van der Waals surface area contributed by atoms with Crippen LogP contribution in [0.4, 0.5) is 0 Å². The molecule has 3 aromatic carbocycles. The van der Waals surface area contributed by atoms with Crippen LogP contribution in [0.5, 0.6) is 0 Å². The SMILES string of the molecule is CCn1c(-c2cccnc2[C@H](C)OC)c2c3cc(ccc31)-c1cccc(c1)C[C@H](NC(=O)C(C(C)C)N(C)C(=O)[C@@H]1OCC[C@@H]1c1ccccc1)C(=O)N1CCC[C@H](N1)C(=O)OCC(C)(C)C2. The number of ether oxygens (including phenoxy) is 3. The zero-order chi connectivity index (χ0) is 47.6. The predicted octanol–water partition coefficient (Wildman–Crippen LogP) is 7.80. The topological polar surface area (TPSA) is 144 Å². The molecule has 5 aromatic rings. The molecular weight excluding hydrogens is 845 g/mol. The third kappa shape index (κ3) is 9.91. The molecule has 354 valence electrons. The van der Waals surface area contributed by atoms with Crippen molar-refractivity contribution in [3.05, 3.63) is 114 Å². The first-order valence-electron chi connectivity index (χ1n) is 23.9. The fourth-order valence-electron chi connectivity index (χ4n) is 10.4. The van der Waals surface area contributed by atoms with Gasteiger partial charge in [0.2, 0.25) is 5.91 Å². The van der Waals surface area contributed by atoms with E-state index in [2.05, 4.69) is 72.5 Å². The Hall–Kier alpha value is -5.89. The summed E-state index contributed by atoms with van der Waals surface area (Å²) in [5.74, 6) is -1.98. The Morgan fingerprint density at radius 2 is 1.76 bits per heavy atom. The number of cyclic esters (lactones) is 1. The van der Waals surface area contributed by atoms with Gasteiger partial charge in [-0.15, -0.1) is 0 Å². The number of hydrogen-bond acceptors (Lipinski definition) is 9. The number of hydrazine groups is 1. The molecule has 6 bridgehead atoms. The summed E-state index contributed by atoms with van der Waals surface area (Å²) in [7, 11) is 3.34. The lowest BCUT2D eigenvalue weighted by atomic mass is 9.84. The summed E-state index contributed by atoms with van der Waals surface area (Å²) < 4.78 is 20.4. The van der Waals surface area contributed by atoms with E-state index in [9.17, 15) is 19.2 Å². The van der Waals surface area contributed by atoms with Crippen LogP contribution in [-0.2, 0) is 52.8 Å². The number of nitrogens with zero attached hydrogens (tertiary/aromatic N) is 4. The molecular formula is C54H66N6O7. The first-order chi connectivity index (χ1) is 32.2. The average molecular weight is 911 g/mol. The maximum atomic E-state index is 14.8. The lowest BCUT2D eigenvalue weighted by Crippen LogP contribution is -2.62. The van der Waals surface area contributed by atoms with Crippen molar-refractivity contribution in [2.45, 2.75) is 116 Å². The van der Waals surface area contributed by atoms with Gasteiger partial charge in [-0.1, -0.05) is 88.4 Å². The van der Waals surface area contributed by atoms with Crippen molar-refractivity contribution in [1.29, 1.82) is 0 Å². The number of pyridine rings is 1. The Morgan fingerprint density at radius 1 is 0.985 bits per heavy atom. The zero-order valence-electron chi connectivity index (χ0n) is 40.2. The van der Waals surface area contributed by atoms with Crippen LogP contribution in [0.3, 0.4) is 0 Å². The molecule has 5 heterocycles. The number of amides is 3. The minimum absolute atomic E-state index is 0.141. The number of carbonyl (C=O) groups excluding carboxylic acids is 4. The molecule has 3 amide bonds. The second-order valence-corrected chi connectivity index (χ2v) is 19.6. The fourth-order valence-corrected chi connectivity index (χ4v) is 10.4. The first-order valence-corrected chi connectivity index (χ1v) is 23.9. The molecule has 0 aliphatic carbocycles. The van der Waals surface area contributed by atoms with E-state index in [1.807, 2.05) is 69.3 Å². The Morgan fingerprint density at radius 3 is 2.51 bits per heavy atom. The Balaban J connectivity index is 1.18. The molecule has 1 unspecified atom stereocenters. The number of likely N-dealkylation sites (N-methyl/N-ethyl adjacent to an activating group) is 1. The van der Waals surface area contributed by atoms with E-state index in [-0.39, 0.29) is 42.8 Å². The average Bonchev–Trinajstić information content (AvgIpc) is 3.95. The van der Waals surface area contributed by atoms with Crippen molar-refractivity contribution in [1.82, 2.24) is 30.2 Å². The summed E-state index contributed by atoms with van der Waals surface area (Å²) in [6.07, 6.45) is 3.31. The fraction of sp³-hybridized carbons (Fsp3) is 0.463. The molecule has 67 heavy (non-hydrogen) atoms. The molecule has 6 atom stereocenters. The van der Waals surface area contributed by atoms with E-state index in [1.54, 1.807) is 20.4 Å². The second-order valence-electron chi connectivity index (χ2n) is 19.6. The summed E-state index contributed by atoms with van der Waals surface area (Å²) >= 11 is 0. The molecule has 0 saturated carbocycles. The summed E-state index contributed by atoms with van der Waals surface area (Å²) in [4.78, 5) is 64.0. The summed E-state index contributed by atoms with van der Waals surface area (Å²) in [6, 6.07) is 25.9. The van der Waals surface area contributed by atoms with Gasteiger partial charge in [0.05, 0.1) is 24.1 Å². The molecule has 13 heteroatoms. The molecule has 2 fully saturated rings. The number of fused-ring (bicyclic) bond motifs is 6. The zero-order valence-corrected chi connectivity index (χ0v) is 40.2. The van der Waals surface area contributed by atoms with Crippen LogP contribution in [0.15, 0.2) is 91.1 Å². The molecule has 0 spiro atoms. The summed E-state index contributed by atoms with van der Waals surface area (Å²) in [5, 5.41) is 5.65. The monoisotopic (exact) mass is 910 g/mol. The van der Waals surface area contributed by atoms with Gasteiger partial charge in [0.25, 0.3) is 11.8 Å². The van der Waals surface area contributed by atoms with Gasteiger partial charge in [-0.3, -0.25) is 29.2 Å². The highest BCUT2D eigenvalue weighted by Gasteiger charge is 2.42. The number of methoxy groups -OCH3 is 1. The van der Waals surface area contributed by atoms with E-state index in [0.717, 1.165) is 55.7 Å². The van der Waals surface area contributed by atoms with Gasteiger partial charge in [-0.2, -0.15) is 0 Å². The van der Waals surface area contributed by atoms with Crippen LogP contribution in [0.2, 0.25) is 0 Å². The Kier molecular flexibility index (Phi) is 14.3. The third-order valence-electron chi connectivity index (χ3n) is 13.9. The largest absolute Gasteiger partial charge is 0.464 e. The van der Waals surface area contributed by atoms with E-state index in [4.69, 9.17) is 19.2 Å². The molecule has 3 aliphatic rings. The lowest BCUT2D eigenvalue weighted by molar-refractivity contribution is -0.155. The Labute approximate surface area is 394 Å². The maximum Gasteiger partial charge on any atom is 0.324 e. The van der Waals surface area contributed by atoms with Crippen molar-refractivity contribution in [3.63, 3.8) is 0 Å². The standard InChI is InChI=1S/C54H66N6O7/c1-9-59-45-23-22-38-30-41(45)42(48(59)40-20-14-25-55-46(40)34(4)65-8)31-54(5,6)32-67-53(64)43-21-15-26-60(57-43)51(62)44(29-35-16-13-19-37(38)28-35)56-50(61)47(33(2)3)58(7)52(63)49-39(24-27-66-49)36-17-11-10-12-18-36/h10-14,16-20,22-23,25,28,30,33-34,39,43-44,47,49,57H,9,15,21,24,26-27,29,31-32H2,1-8H3,(H,56,61)/t34-,39+,43-,44-,47?,49+/m0/s1. The number of aryl methyl sites for hydroxylation is 1. The minimum atomic E-state index is -1.04. The van der Waals surface area contributed by atoms with Gasteiger partial charge in [-0.25, -0.2) is 5.43 Å². The van der Waals surface area contributed by atoms with Gasteiger partial charge < -0.3 is 29.0 Å². The van der Waals surface area contributed by atoms with E-state index in [1.165, 1.54) is 9.91 Å². The highest BCUT2D eigenvalue weighted by atomic mass is 16.5. The van der Waals surface area contributed by atoms with Crippen molar-refractivity contribution in [2.75, 3.05) is 33.9 Å². The van der Waals surface area contributed by atoms with Gasteiger partial charge in [0, 0.05) is 74.3 Å². The second kappa shape index (κ2) is 20.1. The lowest BCUT2D eigenvalue weighted by Gasteiger charge is -2.37. The quantitative estimate of drug-likeness (QED) is 0.134. The van der Waals surface area contributed by atoms with E-state index < -0.39 is 41.5 Å². The number of esters is 1. The number of rotatable bonds is 10. The molecule has 2 saturated heterocycles. The van der Waals surface area contributed by atoms with Crippen LogP contribution in [-0.4, -0.2) is 101 Å². The number of carbonyl (C=O) groups is 4. The maximum absolute atomic E-state index is 14.8. The number of benzene rings is 3. The molecule has 8 rings (SSSR count). The smallest absolute Gasteiger partial charge is 0.324 e. The molecule has 0 radical (unpaired) electrons. The molecule has 2 aromatic heterocycles. The molecule has 3 aliphatic heterocycles. The first kappa shape index (κ1) is 47.6. The molecule has 2 N–H and O–H groups in total. The summed E-state index contributed by atoms with van der Waals surface area (Å²) in [6.45, 7) is 13.8. The van der Waals surface area contributed by atoms with Crippen molar-refractivity contribution >= 4 is 34.6 Å². The van der Waals surface area contributed by atoms with Gasteiger partial charge >= 0.3 is 5.97 Å². The number of aromatic nitrogens is 2. The highest BCUT2D eigenvalue weighted by Crippen LogP contribution is 2.42. The van der Waals surface area contributed by atoms with Crippen LogP contribution >= 0.6 is 0 Å². The normalized spacial score (nSPS) is 22.0. The highest BCUT2D eigenvalue weighted by molar-refractivity contribution is 5.96. The molecule has 13 nitrogen and oxygen atoms in total. The predicted molar refractivity (Wildman–Crippen MR) is 259 cm³/mol. The minimum Gasteiger partial charge on any atom is -0.464 e. The van der Waals surface area contributed by atoms with Crippen LogP contribution in [0.1, 0.15) is 95.2 Å². The van der Waals surface area contributed by atoms with Crippen LogP contribution in [0.25, 0.3) is 33.3 Å². The van der Waals surface area contributed by atoms with E-state index in [0.29, 0.717) is 45.4 Å². The van der Waals surface area contributed by atoms with Crippen molar-refractivity contribution in [3.8, 4) is 22.4 Å².